The highest BCUT2D eigenvalue weighted by Gasteiger charge is 2.27. The van der Waals surface area contributed by atoms with Crippen molar-refractivity contribution in [1.82, 2.24) is 0 Å². The van der Waals surface area contributed by atoms with Crippen LogP contribution in [0.5, 0.6) is 0 Å². The van der Waals surface area contributed by atoms with Gasteiger partial charge in [-0.2, -0.15) is 0 Å². The van der Waals surface area contributed by atoms with Crippen LogP contribution in [0.1, 0.15) is 25.8 Å². The normalized spacial score (nSPS) is 14.9. The van der Waals surface area contributed by atoms with Crippen LogP contribution in [0.2, 0.25) is 0 Å². The van der Waals surface area contributed by atoms with Gasteiger partial charge < -0.3 is 22.2 Å². The fourth-order valence-electron chi connectivity index (χ4n) is 2.74. The summed E-state index contributed by atoms with van der Waals surface area (Å²) in [4.78, 5) is 12.8. The van der Waals surface area contributed by atoms with Crippen molar-refractivity contribution in [1.29, 1.82) is 5.41 Å². The minimum Gasteiger partial charge on any atom is -0.398 e. The summed E-state index contributed by atoms with van der Waals surface area (Å²) >= 11 is 0. The zero-order valence-electron chi connectivity index (χ0n) is 14.7. The van der Waals surface area contributed by atoms with Gasteiger partial charge in [-0.3, -0.25) is 4.79 Å². The van der Waals surface area contributed by atoms with E-state index in [2.05, 4.69) is 11.9 Å². The fourth-order valence-corrected chi connectivity index (χ4v) is 2.74. The van der Waals surface area contributed by atoms with Crippen molar-refractivity contribution < 1.29 is 4.79 Å². The largest absolute Gasteiger partial charge is 0.398 e. The van der Waals surface area contributed by atoms with Crippen molar-refractivity contribution in [3.05, 3.63) is 65.6 Å². The second-order valence-electron chi connectivity index (χ2n) is 6.23. The molecule has 1 aliphatic carbocycles. The van der Waals surface area contributed by atoms with Gasteiger partial charge in [-0.05, 0) is 51.6 Å². The van der Waals surface area contributed by atoms with E-state index < -0.39 is 0 Å². The number of carbonyl (C=O) groups is 1. The van der Waals surface area contributed by atoms with Gasteiger partial charge in [0.2, 0.25) is 5.91 Å². The maximum Gasteiger partial charge on any atom is 0.241 e. The van der Waals surface area contributed by atoms with Crippen LogP contribution in [0.4, 0.5) is 11.4 Å². The van der Waals surface area contributed by atoms with Crippen molar-refractivity contribution in [2.75, 3.05) is 17.6 Å². The summed E-state index contributed by atoms with van der Waals surface area (Å²) in [5.41, 5.74) is 16.6. The number of nitrogens with two attached hydrogens (primary N) is 2. The monoisotopic (exact) mass is 337 g/mol. The molecule has 0 heterocycles. The topological polar surface area (TPSA) is 105 Å². The van der Waals surface area contributed by atoms with Gasteiger partial charge in [0.15, 0.2) is 0 Å². The highest BCUT2D eigenvalue weighted by atomic mass is 16.1. The number of hydrogen-bond acceptors (Lipinski definition) is 4. The lowest BCUT2D eigenvalue weighted by Gasteiger charge is -2.18. The first kappa shape index (κ1) is 18.5. The summed E-state index contributed by atoms with van der Waals surface area (Å²) in [5, 5.41) is 10.7. The fraction of sp³-hybridized carbons (Fsp3) is 0.250. The Hall–Kier alpha value is -2.79. The van der Waals surface area contributed by atoms with Crippen LogP contribution in [-0.2, 0) is 4.79 Å². The second kappa shape index (κ2) is 7.85. The van der Waals surface area contributed by atoms with E-state index in [-0.39, 0.29) is 11.8 Å². The summed E-state index contributed by atoms with van der Waals surface area (Å²) < 4.78 is 0. The number of allylic oxidation sites excluding steroid dienone is 4. The van der Waals surface area contributed by atoms with Gasteiger partial charge in [0, 0.05) is 52.4 Å². The van der Waals surface area contributed by atoms with Crippen molar-refractivity contribution in [3.63, 3.8) is 0 Å². The van der Waals surface area contributed by atoms with Crippen LogP contribution in [0.25, 0.3) is 0 Å². The first-order valence-corrected chi connectivity index (χ1v) is 8.22. The number of hydrogen-bond donors (Lipinski definition) is 4. The maximum atomic E-state index is 12.8. The van der Waals surface area contributed by atoms with Gasteiger partial charge in [-0.25, -0.2) is 0 Å². The van der Waals surface area contributed by atoms with Gasteiger partial charge >= 0.3 is 0 Å². The molecule has 5 heteroatoms. The lowest BCUT2D eigenvalue weighted by molar-refractivity contribution is -0.118. The Balaban J connectivity index is 2.23. The molecule has 0 bridgehead atoms. The average molecular weight is 337 g/mol. The molecule has 1 atom stereocenters. The third kappa shape index (κ3) is 4.39. The summed E-state index contributed by atoms with van der Waals surface area (Å²) in [6.07, 6.45) is 6.37. The van der Waals surface area contributed by atoms with E-state index in [1.165, 1.54) is 0 Å². The quantitative estimate of drug-likeness (QED) is 0.364. The molecule has 0 fully saturated rings. The van der Waals surface area contributed by atoms with Gasteiger partial charge in [-0.1, -0.05) is 0 Å². The molecule has 5 nitrogen and oxygen atoms in total. The molecular weight excluding hydrogens is 312 g/mol. The van der Waals surface area contributed by atoms with Crippen LogP contribution >= 0.6 is 0 Å². The van der Waals surface area contributed by atoms with E-state index in [9.17, 15) is 4.79 Å². The third-order valence-corrected chi connectivity index (χ3v) is 4.27. The summed E-state index contributed by atoms with van der Waals surface area (Å²) in [6, 6.07) is 5.16. The molecule has 0 aromatic heterocycles. The molecule has 1 aromatic carbocycles. The van der Waals surface area contributed by atoms with Gasteiger partial charge in [-0.15, -0.1) is 0 Å². The number of amides is 1. The van der Waals surface area contributed by atoms with E-state index in [1.807, 2.05) is 25.5 Å². The molecular formula is C20H25N4O+. The maximum absolute atomic E-state index is 12.8. The lowest BCUT2D eigenvalue weighted by Crippen LogP contribution is -2.27. The molecule has 2 rings (SSSR count). The molecule has 1 unspecified atom stereocenters. The van der Waals surface area contributed by atoms with E-state index in [0.29, 0.717) is 35.6 Å². The number of rotatable bonds is 6. The predicted molar refractivity (Wildman–Crippen MR) is 104 cm³/mol. The Morgan fingerprint density at radius 2 is 2.16 bits per heavy atom. The van der Waals surface area contributed by atoms with E-state index in [4.69, 9.17) is 16.9 Å². The van der Waals surface area contributed by atoms with E-state index >= 15 is 0 Å². The third-order valence-electron chi connectivity index (χ3n) is 4.27. The molecule has 1 aliphatic rings. The van der Waals surface area contributed by atoms with E-state index in [1.54, 1.807) is 25.1 Å². The highest BCUT2D eigenvalue weighted by Crippen LogP contribution is 2.28. The van der Waals surface area contributed by atoms with Crippen molar-refractivity contribution in [3.8, 4) is 0 Å². The van der Waals surface area contributed by atoms with E-state index in [0.717, 1.165) is 16.7 Å². The lowest BCUT2D eigenvalue weighted by atomic mass is 9.86. The molecule has 0 aliphatic heterocycles. The van der Waals surface area contributed by atoms with Crippen molar-refractivity contribution in [2.45, 2.75) is 20.3 Å². The van der Waals surface area contributed by atoms with Gasteiger partial charge in [0.05, 0.1) is 11.5 Å². The Morgan fingerprint density at radius 1 is 1.44 bits per heavy atom. The Bertz CT molecular complexity index is 774. The average Bonchev–Trinajstić information content (AvgIpc) is 2.56. The first-order valence-electron chi connectivity index (χ1n) is 8.22. The number of nitrogen functional groups attached to an aromatic ring is 1. The molecule has 0 saturated carbocycles. The molecule has 6 N–H and O–H groups in total. The molecule has 1 amide bonds. The summed E-state index contributed by atoms with van der Waals surface area (Å²) in [7, 11) is 0. The first-order chi connectivity index (χ1) is 11.8. The number of benzene rings is 1. The Kier molecular flexibility index (Phi) is 5.83. The Labute approximate surface area is 149 Å². The second-order valence-corrected chi connectivity index (χ2v) is 6.23. The number of anilines is 2. The smallest absolute Gasteiger partial charge is 0.241 e. The predicted octanol–water partition coefficient (Wildman–Crippen LogP) is 3.21. The SMILES string of the molecule is C=C1[CH+]C=C(C(CCN)C(=O)Nc2ccc(N)c(C(C)=N)c2)C=C1C. The van der Waals surface area contributed by atoms with Crippen molar-refractivity contribution >= 4 is 23.0 Å². The van der Waals surface area contributed by atoms with Crippen LogP contribution in [-0.4, -0.2) is 18.2 Å². The molecule has 0 radical (unpaired) electrons. The Morgan fingerprint density at radius 3 is 2.76 bits per heavy atom. The minimum absolute atomic E-state index is 0.125. The molecule has 130 valence electrons. The minimum atomic E-state index is -0.341. The molecule has 0 spiro atoms. The zero-order valence-corrected chi connectivity index (χ0v) is 14.7. The van der Waals surface area contributed by atoms with Crippen LogP contribution < -0.4 is 16.8 Å². The summed E-state index contributed by atoms with van der Waals surface area (Å²) in [5.74, 6) is -0.466. The zero-order chi connectivity index (χ0) is 18.6. The number of nitrogens with one attached hydrogen (secondary N) is 2. The van der Waals surface area contributed by atoms with Crippen molar-refractivity contribution in [2.24, 2.45) is 11.7 Å². The standard InChI is InChI=1S/C20H24N4O/c1-12-4-5-15(10-13(12)2)17(8-9-21)20(25)24-16-6-7-19(23)18(11-16)14(3)22/h4-7,10-11,17H,1,8-9,21H2,2-3H3,(H3-,22,23,24,25)/p+1. The molecule has 0 saturated heterocycles. The molecule has 1 aromatic rings. The van der Waals surface area contributed by atoms with Gasteiger partial charge in [0.1, 0.15) is 0 Å². The van der Waals surface area contributed by atoms with Crippen LogP contribution in [0, 0.1) is 17.7 Å². The molecule has 25 heavy (non-hydrogen) atoms. The number of carbonyl (C=O) groups excluding carboxylic acids is 1. The van der Waals surface area contributed by atoms with Gasteiger partial charge in [0.25, 0.3) is 0 Å². The van der Waals surface area contributed by atoms with Crippen LogP contribution in [0.15, 0.2) is 53.6 Å². The summed E-state index contributed by atoms with van der Waals surface area (Å²) in [6.45, 7) is 8.01. The van der Waals surface area contributed by atoms with Crippen LogP contribution in [0.3, 0.4) is 0 Å². The highest BCUT2D eigenvalue weighted by molar-refractivity contribution is 6.03.